The zero-order chi connectivity index (χ0) is 18.6. The SMILES string of the molecule is CC(Sc1nnc(COc2ccccc2Cl)n1C)C(=O)NC(C)(C)C. The highest BCUT2D eigenvalue weighted by Gasteiger charge is 2.22. The van der Waals surface area contributed by atoms with Crippen molar-refractivity contribution in [3.05, 3.63) is 35.1 Å². The molecule has 0 saturated carbocycles. The fourth-order valence-electron chi connectivity index (χ4n) is 1.96. The summed E-state index contributed by atoms with van der Waals surface area (Å²) in [6.45, 7) is 7.95. The highest BCUT2D eigenvalue weighted by molar-refractivity contribution is 8.00. The predicted molar refractivity (Wildman–Crippen MR) is 100 cm³/mol. The number of benzene rings is 1. The first-order chi connectivity index (χ1) is 11.7. The molecule has 25 heavy (non-hydrogen) atoms. The highest BCUT2D eigenvalue weighted by atomic mass is 35.5. The molecule has 1 unspecified atom stereocenters. The molecule has 1 N–H and O–H groups in total. The average Bonchev–Trinajstić information content (AvgIpc) is 2.85. The van der Waals surface area contributed by atoms with Crippen molar-refractivity contribution >= 4 is 29.3 Å². The molecule has 1 atom stereocenters. The molecule has 136 valence electrons. The Kier molecular flexibility index (Phi) is 6.35. The molecule has 2 rings (SSSR count). The van der Waals surface area contributed by atoms with Gasteiger partial charge in [0.25, 0.3) is 0 Å². The normalized spacial score (nSPS) is 12.7. The number of aromatic nitrogens is 3. The van der Waals surface area contributed by atoms with Gasteiger partial charge in [-0.05, 0) is 39.8 Å². The maximum absolute atomic E-state index is 12.2. The fraction of sp³-hybridized carbons (Fsp3) is 0.471. The zero-order valence-corrected chi connectivity index (χ0v) is 16.6. The molecule has 0 fully saturated rings. The van der Waals surface area contributed by atoms with Crippen molar-refractivity contribution in [3.63, 3.8) is 0 Å². The van der Waals surface area contributed by atoms with E-state index < -0.39 is 0 Å². The third kappa shape index (κ3) is 5.64. The summed E-state index contributed by atoms with van der Waals surface area (Å²) in [5.74, 6) is 1.22. The summed E-state index contributed by atoms with van der Waals surface area (Å²) in [5, 5.41) is 12.2. The summed E-state index contributed by atoms with van der Waals surface area (Å²) in [6.07, 6.45) is 0. The second kappa shape index (κ2) is 8.10. The van der Waals surface area contributed by atoms with E-state index in [1.54, 1.807) is 12.1 Å². The largest absolute Gasteiger partial charge is 0.484 e. The minimum Gasteiger partial charge on any atom is -0.484 e. The van der Waals surface area contributed by atoms with Crippen molar-refractivity contribution in [1.29, 1.82) is 0 Å². The Morgan fingerprint density at radius 3 is 2.68 bits per heavy atom. The molecule has 0 aliphatic carbocycles. The van der Waals surface area contributed by atoms with Crippen LogP contribution in [0.25, 0.3) is 0 Å². The summed E-state index contributed by atoms with van der Waals surface area (Å²) in [7, 11) is 1.85. The summed E-state index contributed by atoms with van der Waals surface area (Å²) < 4.78 is 7.51. The number of hydrogen-bond acceptors (Lipinski definition) is 5. The predicted octanol–water partition coefficient (Wildman–Crippen LogP) is 3.44. The number of ether oxygens (including phenoxy) is 1. The minimum atomic E-state index is -0.278. The summed E-state index contributed by atoms with van der Waals surface area (Å²) in [4.78, 5) is 12.2. The van der Waals surface area contributed by atoms with Gasteiger partial charge in [-0.3, -0.25) is 4.79 Å². The van der Waals surface area contributed by atoms with E-state index in [9.17, 15) is 4.79 Å². The molecule has 0 saturated heterocycles. The first kappa shape index (κ1) is 19.6. The van der Waals surface area contributed by atoms with E-state index in [0.29, 0.717) is 21.8 Å². The maximum atomic E-state index is 12.2. The highest BCUT2D eigenvalue weighted by Crippen LogP contribution is 2.25. The van der Waals surface area contributed by atoms with Gasteiger partial charge in [0.1, 0.15) is 12.4 Å². The standard InChI is InChI=1S/C17H23ClN4O2S/c1-11(15(23)19-17(2,3)4)25-16-21-20-14(22(16)5)10-24-13-9-7-6-8-12(13)18/h6-9,11H,10H2,1-5H3,(H,19,23). The minimum absolute atomic E-state index is 0.0330. The smallest absolute Gasteiger partial charge is 0.233 e. The molecule has 1 heterocycles. The van der Waals surface area contributed by atoms with Gasteiger partial charge in [-0.15, -0.1) is 10.2 Å². The van der Waals surface area contributed by atoms with Crippen LogP contribution in [0.4, 0.5) is 0 Å². The van der Waals surface area contributed by atoms with Crippen LogP contribution in [0, 0.1) is 0 Å². The van der Waals surface area contributed by atoms with Crippen molar-refractivity contribution in [2.75, 3.05) is 0 Å². The van der Waals surface area contributed by atoms with Gasteiger partial charge in [-0.2, -0.15) is 0 Å². The molecular formula is C17H23ClN4O2S. The topological polar surface area (TPSA) is 69.0 Å². The number of rotatable bonds is 6. The van der Waals surface area contributed by atoms with Gasteiger partial charge in [0, 0.05) is 12.6 Å². The summed E-state index contributed by atoms with van der Waals surface area (Å²) >= 11 is 7.44. The third-order valence-electron chi connectivity index (χ3n) is 3.27. The van der Waals surface area contributed by atoms with Crippen molar-refractivity contribution in [2.45, 2.75) is 50.2 Å². The Labute approximate surface area is 157 Å². The number of nitrogens with one attached hydrogen (secondary N) is 1. The quantitative estimate of drug-likeness (QED) is 0.775. The first-order valence-electron chi connectivity index (χ1n) is 7.91. The number of carbonyl (C=O) groups is 1. The van der Waals surface area contributed by atoms with Crippen LogP contribution in [-0.4, -0.2) is 31.5 Å². The summed E-state index contributed by atoms with van der Waals surface area (Å²) in [6, 6.07) is 7.27. The molecular weight excluding hydrogens is 360 g/mol. The average molecular weight is 383 g/mol. The Bertz CT molecular complexity index is 742. The number of halogens is 1. The van der Waals surface area contributed by atoms with Gasteiger partial charge in [0.05, 0.1) is 10.3 Å². The maximum Gasteiger partial charge on any atom is 0.233 e. The molecule has 0 aliphatic heterocycles. The lowest BCUT2D eigenvalue weighted by Gasteiger charge is -2.22. The van der Waals surface area contributed by atoms with E-state index >= 15 is 0 Å². The number of hydrogen-bond donors (Lipinski definition) is 1. The number of nitrogens with zero attached hydrogens (tertiary/aromatic N) is 3. The van der Waals surface area contributed by atoms with Gasteiger partial charge in [0.15, 0.2) is 11.0 Å². The molecule has 0 aliphatic rings. The molecule has 8 heteroatoms. The van der Waals surface area contributed by atoms with Crippen LogP contribution in [0.1, 0.15) is 33.5 Å². The van der Waals surface area contributed by atoms with Crippen LogP contribution in [0.5, 0.6) is 5.75 Å². The summed E-state index contributed by atoms with van der Waals surface area (Å²) in [5.41, 5.74) is -0.264. The van der Waals surface area contributed by atoms with Crippen LogP contribution in [0.3, 0.4) is 0 Å². The first-order valence-corrected chi connectivity index (χ1v) is 9.17. The third-order valence-corrected chi connectivity index (χ3v) is 4.71. The van der Waals surface area contributed by atoms with E-state index in [-0.39, 0.29) is 23.3 Å². The van der Waals surface area contributed by atoms with E-state index in [4.69, 9.17) is 16.3 Å². The molecule has 2 aromatic rings. The molecule has 1 aromatic heterocycles. The van der Waals surface area contributed by atoms with Gasteiger partial charge in [-0.25, -0.2) is 0 Å². The van der Waals surface area contributed by atoms with Gasteiger partial charge >= 0.3 is 0 Å². The molecule has 1 aromatic carbocycles. The lowest BCUT2D eigenvalue weighted by atomic mass is 10.1. The van der Waals surface area contributed by atoms with E-state index in [1.807, 2.05) is 51.4 Å². The number of amides is 1. The second-order valence-electron chi connectivity index (χ2n) is 6.68. The molecule has 1 amide bonds. The van der Waals surface area contributed by atoms with Crippen LogP contribution < -0.4 is 10.1 Å². The van der Waals surface area contributed by atoms with Crippen molar-refractivity contribution < 1.29 is 9.53 Å². The number of para-hydroxylation sites is 1. The Balaban J connectivity index is 1.98. The lowest BCUT2D eigenvalue weighted by Crippen LogP contribution is -2.44. The van der Waals surface area contributed by atoms with Crippen molar-refractivity contribution in [2.24, 2.45) is 7.05 Å². The van der Waals surface area contributed by atoms with Crippen LogP contribution in [-0.2, 0) is 18.4 Å². The Morgan fingerprint density at radius 2 is 2.04 bits per heavy atom. The van der Waals surface area contributed by atoms with E-state index in [2.05, 4.69) is 15.5 Å². The van der Waals surface area contributed by atoms with E-state index in [0.717, 1.165) is 0 Å². The molecule has 6 nitrogen and oxygen atoms in total. The zero-order valence-electron chi connectivity index (χ0n) is 15.0. The van der Waals surface area contributed by atoms with Crippen molar-refractivity contribution in [1.82, 2.24) is 20.1 Å². The van der Waals surface area contributed by atoms with Crippen LogP contribution in [0.2, 0.25) is 5.02 Å². The van der Waals surface area contributed by atoms with Gasteiger partial charge < -0.3 is 14.6 Å². The van der Waals surface area contributed by atoms with E-state index in [1.165, 1.54) is 11.8 Å². The monoisotopic (exact) mass is 382 g/mol. The fourth-order valence-corrected chi connectivity index (χ4v) is 2.98. The van der Waals surface area contributed by atoms with Gasteiger partial charge in [0.2, 0.25) is 5.91 Å². The number of carbonyl (C=O) groups excluding carboxylic acids is 1. The molecule has 0 bridgehead atoms. The number of thioether (sulfide) groups is 1. The Morgan fingerprint density at radius 1 is 1.36 bits per heavy atom. The molecule has 0 spiro atoms. The Hall–Kier alpha value is -1.73. The lowest BCUT2D eigenvalue weighted by molar-refractivity contribution is -0.121. The van der Waals surface area contributed by atoms with Gasteiger partial charge in [-0.1, -0.05) is 35.5 Å². The van der Waals surface area contributed by atoms with Crippen molar-refractivity contribution in [3.8, 4) is 5.75 Å². The second-order valence-corrected chi connectivity index (χ2v) is 8.39. The molecule has 0 radical (unpaired) electrons. The van der Waals surface area contributed by atoms with Crippen LogP contribution >= 0.6 is 23.4 Å². The van der Waals surface area contributed by atoms with Crippen LogP contribution in [0.15, 0.2) is 29.4 Å².